The van der Waals surface area contributed by atoms with E-state index in [0.29, 0.717) is 21.9 Å². The lowest BCUT2D eigenvalue weighted by Gasteiger charge is -2.03. The van der Waals surface area contributed by atoms with Crippen molar-refractivity contribution in [2.24, 2.45) is 0 Å². The Balaban J connectivity index is 2.11. The van der Waals surface area contributed by atoms with Crippen LogP contribution in [0.4, 0.5) is 15.2 Å². The molecule has 0 aliphatic heterocycles. The molecule has 0 aliphatic carbocycles. The lowest BCUT2D eigenvalue weighted by Crippen LogP contribution is -2.05. The van der Waals surface area contributed by atoms with Crippen LogP contribution in [0.1, 0.15) is 17.4 Å². The van der Waals surface area contributed by atoms with Gasteiger partial charge in [-0.1, -0.05) is 0 Å². The Morgan fingerprint density at radius 2 is 2.37 bits per heavy atom. The number of rotatable bonds is 4. The molecule has 0 spiro atoms. The summed E-state index contributed by atoms with van der Waals surface area (Å²) >= 11 is 4.38. The number of ether oxygens (including phenoxy) is 1. The van der Waals surface area contributed by atoms with Gasteiger partial charge in [0.15, 0.2) is 10.8 Å². The van der Waals surface area contributed by atoms with E-state index in [1.807, 2.05) is 0 Å². The van der Waals surface area contributed by atoms with Crippen molar-refractivity contribution in [2.75, 3.05) is 11.9 Å². The van der Waals surface area contributed by atoms with Crippen LogP contribution < -0.4 is 5.32 Å². The molecule has 100 valence electrons. The van der Waals surface area contributed by atoms with Gasteiger partial charge in [0.25, 0.3) is 0 Å². The van der Waals surface area contributed by atoms with Gasteiger partial charge >= 0.3 is 5.97 Å². The first kappa shape index (κ1) is 14.0. The Morgan fingerprint density at radius 1 is 1.58 bits per heavy atom. The number of esters is 1. The molecule has 0 fully saturated rings. The van der Waals surface area contributed by atoms with E-state index in [9.17, 15) is 9.18 Å². The van der Waals surface area contributed by atoms with Gasteiger partial charge in [0.2, 0.25) is 0 Å². The summed E-state index contributed by atoms with van der Waals surface area (Å²) in [5.41, 5.74) is 0.938. The second-order valence-electron chi connectivity index (χ2n) is 3.51. The summed E-state index contributed by atoms with van der Waals surface area (Å²) in [6, 6.07) is 4.53. The summed E-state index contributed by atoms with van der Waals surface area (Å²) in [5, 5.41) is 5.15. The van der Waals surface area contributed by atoms with Crippen molar-refractivity contribution in [3.63, 3.8) is 0 Å². The normalized spacial score (nSPS) is 10.3. The van der Waals surface area contributed by atoms with E-state index < -0.39 is 5.97 Å². The van der Waals surface area contributed by atoms with Gasteiger partial charge in [-0.2, -0.15) is 0 Å². The summed E-state index contributed by atoms with van der Waals surface area (Å²) in [7, 11) is 0. The van der Waals surface area contributed by atoms with E-state index in [-0.39, 0.29) is 11.5 Å². The van der Waals surface area contributed by atoms with Crippen molar-refractivity contribution >= 4 is 44.1 Å². The number of carbonyl (C=O) groups is 1. The van der Waals surface area contributed by atoms with Gasteiger partial charge in [-0.05, 0) is 41.1 Å². The van der Waals surface area contributed by atoms with Crippen molar-refractivity contribution in [1.82, 2.24) is 4.98 Å². The first-order valence-corrected chi connectivity index (χ1v) is 7.12. The first-order valence-electron chi connectivity index (χ1n) is 5.45. The summed E-state index contributed by atoms with van der Waals surface area (Å²) in [6.45, 7) is 2.05. The standard InChI is InChI=1S/C12H10BrFN2O2S/c1-2-18-11(17)10-6-19-12(16-10)15-7-3-4-9(14)8(13)5-7/h3-6H,2H2,1H3,(H,15,16). The molecule has 0 bridgehead atoms. The zero-order chi connectivity index (χ0) is 13.8. The lowest BCUT2D eigenvalue weighted by molar-refractivity contribution is 0.0520. The van der Waals surface area contributed by atoms with Gasteiger partial charge < -0.3 is 10.1 Å². The van der Waals surface area contributed by atoms with Crippen LogP contribution in [0.5, 0.6) is 0 Å². The van der Waals surface area contributed by atoms with Crippen LogP contribution >= 0.6 is 27.3 Å². The van der Waals surface area contributed by atoms with E-state index in [1.54, 1.807) is 24.4 Å². The molecule has 7 heteroatoms. The number of anilines is 2. The van der Waals surface area contributed by atoms with Gasteiger partial charge in [-0.3, -0.25) is 0 Å². The van der Waals surface area contributed by atoms with E-state index in [0.717, 1.165) is 0 Å². The van der Waals surface area contributed by atoms with Crippen LogP contribution in [0.15, 0.2) is 28.1 Å². The van der Waals surface area contributed by atoms with E-state index >= 15 is 0 Å². The molecule has 2 rings (SSSR count). The highest BCUT2D eigenvalue weighted by Gasteiger charge is 2.11. The molecule has 19 heavy (non-hydrogen) atoms. The SMILES string of the molecule is CCOC(=O)c1csc(Nc2ccc(F)c(Br)c2)n1. The Kier molecular flexibility index (Phi) is 4.49. The maximum atomic E-state index is 13.1. The molecule has 0 saturated carbocycles. The van der Waals surface area contributed by atoms with Gasteiger partial charge in [-0.25, -0.2) is 14.2 Å². The minimum absolute atomic E-state index is 0.260. The lowest BCUT2D eigenvalue weighted by atomic mass is 10.3. The summed E-state index contributed by atoms with van der Waals surface area (Å²) < 4.78 is 18.3. The molecule has 0 atom stereocenters. The van der Waals surface area contributed by atoms with Gasteiger partial charge in [0, 0.05) is 11.1 Å². The van der Waals surface area contributed by atoms with Crippen LogP contribution in [-0.4, -0.2) is 17.6 Å². The fraction of sp³-hybridized carbons (Fsp3) is 0.167. The average molecular weight is 345 g/mol. The average Bonchev–Trinajstić information content (AvgIpc) is 2.83. The fourth-order valence-corrected chi connectivity index (χ4v) is 2.41. The van der Waals surface area contributed by atoms with Crippen molar-refractivity contribution in [3.8, 4) is 0 Å². The van der Waals surface area contributed by atoms with Crippen molar-refractivity contribution < 1.29 is 13.9 Å². The maximum Gasteiger partial charge on any atom is 0.357 e. The molecule has 1 aromatic heterocycles. The number of carbonyl (C=O) groups excluding carboxylic acids is 1. The Labute approximate surface area is 121 Å². The third-order valence-electron chi connectivity index (χ3n) is 2.16. The third-order valence-corrected chi connectivity index (χ3v) is 3.53. The van der Waals surface area contributed by atoms with Crippen LogP contribution in [0, 0.1) is 5.82 Å². The van der Waals surface area contributed by atoms with Crippen LogP contribution in [0.3, 0.4) is 0 Å². The molecule has 4 nitrogen and oxygen atoms in total. The highest BCUT2D eigenvalue weighted by Crippen LogP contribution is 2.25. The second kappa shape index (κ2) is 6.12. The maximum absolute atomic E-state index is 13.1. The van der Waals surface area contributed by atoms with E-state index in [4.69, 9.17) is 4.74 Å². The molecule has 0 radical (unpaired) electrons. The number of hydrogen-bond donors (Lipinski definition) is 1. The van der Waals surface area contributed by atoms with Gasteiger partial charge in [0.05, 0.1) is 11.1 Å². The number of benzene rings is 1. The number of hydrogen-bond acceptors (Lipinski definition) is 5. The molecule has 1 heterocycles. The smallest absolute Gasteiger partial charge is 0.357 e. The topological polar surface area (TPSA) is 51.2 Å². The zero-order valence-electron chi connectivity index (χ0n) is 9.94. The minimum Gasteiger partial charge on any atom is -0.461 e. The van der Waals surface area contributed by atoms with Crippen molar-refractivity contribution in [3.05, 3.63) is 39.6 Å². The molecule has 1 N–H and O–H groups in total. The third kappa shape index (κ3) is 3.51. The number of nitrogens with zero attached hydrogens (tertiary/aromatic N) is 1. The molecule has 2 aromatic rings. The number of thiazole rings is 1. The van der Waals surface area contributed by atoms with Crippen molar-refractivity contribution in [1.29, 1.82) is 0 Å². The Hall–Kier alpha value is -1.47. The van der Waals surface area contributed by atoms with E-state index in [1.165, 1.54) is 17.4 Å². The predicted octanol–water partition coefficient (Wildman–Crippen LogP) is 3.97. The highest BCUT2D eigenvalue weighted by atomic mass is 79.9. The van der Waals surface area contributed by atoms with Gasteiger partial charge in [-0.15, -0.1) is 11.3 Å². The molecule has 1 aromatic carbocycles. The molecule has 0 amide bonds. The molecular weight excluding hydrogens is 335 g/mol. The number of nitrogens with one attached hydrogen (secondary N) is 1. The zero-order valence-corrected chi connectivity index (χ0v) is 12.3. The molecule has 0 aliphatic rings. The van der Waals surface area contributed by atoms with Crippen LogP contribution in [-0.2, 0) is 4.74 Å². The van der Waals surface area contributed by atoms with Crippen molar-refractivity contribution in [2.45, 2.75) is 6.92 Å². The largest absolute Gasteiger partial charge is 0.461 e. The molecule has 0 unspecified atom stereocenters. The summed E-state index contributed by atoms with van der Waals surface area (Å²) in [5.74, 6) is -0.788. The quantitative estimate of drug-likeness (QED) is 0.852. The Morgan fingerprint density at radius 3 is 3.05 bits per heavy atom. The number of aromatic nitrogens is 1. The minimum atomic E-state index is -0.452. The van der Waals surface area contributed by atoms with Crippen LogP contribution in [0.2, 0.25) is 0 Å². The summed E-state index contributed by atoms with van der Waals surface area (Å²) in [4.78, 5) is 15.5. The van der Waals surface area contributed by atoms with E-state index in [2.05, 4.69) is 26.2 Å². The van der Waals surface area contributed by atoms with Gasteiger partial charge in [0.1, 0.15) is 5.82 Å². The number of halogens is 2. The summed E-state index contributed by atoms with van der Waals surface area (Å²) in [6.07, 6.45) is 0. The molecular formula is C12H10BrFN2O2S. The predicted molar refractivity (Wildman–Crippen MR) is 75.5 cm³/mol. The monoisotopic (exact) mass is 344 g/mol. The molecule has 0 saturated heterocycles. The second-order valence-corrected chi connectivity index (χ2v) is 5.22. The Bertz CT molecular complexity index is 603. The first-order chi connectivity index (χ1) is 9.10. The highest BCUT2D eigenvalue weighted by molar-refractivity contribution is 9.10. The van der Waals surface area contributed by atoms with Crippen LogP contribution in [0.25, 0.3) is 0 Å². The fourth-order valence-electron chi connectivity index (χ4n) is 1.33.